The lowest BCUT2D eigenvalue weighted by Gasteiger charge is -2.43. The van der Waals surface area contributed by atoms with Crippen molar-refractivity contribution in [3.8, 4) is 0 Å². The van der Waals surface area contributed by atoms with E-state index in [1.165, 1.54) is 6.92 Å². The minimum atomic E-state index is -0.971. The van der Waals surface area contributed by atoms with Crippen molar-refractivity contribution in [2.75, 3.05) is 13.1 Å². The Kier molecular flexibility index (Phi) is 3.83. The Balaban J connectivity index is 1.64. The topological polar surface area (TPSA) is 78.6 Å². The van der Waals surface area contributed by atoms with Crippen LogP contribution in [0.2, 0.25) is 5.02 Å². The van der Waals surface area contributed by atoms with Gasteiger partial charge in [0, 0.05) is 29.1 Å². The Morgan fingerprint density at radius 3 is 2.72 bits per heavy atom. The number of carbonyl (C=O) groups is 1. The van der Waals surface area contributed by atoms with Gasteiger partial charge in [-0.3, -0.25) is 9.48 Å². The number of nitrogens with zero attached hydrogens (tertiary/aromatic N) is 3. The molecule has 25 heavy (non-hydrogen) atoms. The molecule has 3 heterocycles. The van der Waals surface area contributed by atoms with Crippen molar-refractivity contribution in [1.82, 2.24) is 14.7 Å². The molecule has 0 aliphatic carbocycles. The van der Waals surface area contributed by atoms with E-state index in [2.05, 4.69) is 5.10 Å². The summed E-state index contributed by atoms with van der Waals surface area (Å²) >= 11 is 6.19. The molecule has 6 nitrogen and oxygen atoms in total. The number of rotatable bonds is 2. The number of aliphatic hydroxyl groups excluding tert-OH is 2. The van der Waals surface area contributed by atoms with Crippen LogP contribution in [0.15, 0.2) is 18.3 Å². The van der Waals surface area contributed by atoms with Gasteiger partial charge in [-0.25, -0.2) is 0 Å². The Morgan fingerprint density at radius 1 is 1.40 bits per heavy atom. The summed E-state index contributed by atoms with van der Waals surface area (Å²) in [5.41, 5.74) is 1.21. The highest BCUT2D eigenvalue weighted by Gasteiger charge is 2.50. The number of carbonyl (C=O) groups excluding carboxylic acids is 1. The Morgan fingerprint density at radius 2 is 2.08 bits per heavy atom. The summed E-state index contributed by atoms with van der Waals surface area (Å²) in [5.74, 6) is -0.0538. The number of aromatic nitrogens is 2. The Hall–Kier alpha value is -1.63. The van der Waals surface area contributed by atoms with Crippen molar-refractivity contribution in [1.29, 1.82) is 0 Å². The van der Waals surface area contributed by atoms with Crippen LogP contribution in [0.4, 0.5) is 0 Å². The predicted octanol–water partition coefficient (Wildman–Crippen LogP) is 2.07. The van der Waals surface area contributed by atoms with Gasteiger partial charge in [-0.2, -0.15) is 5.10 Å². The molecule has 1 amide bonds. The number of hydrogen-bond donors (Lipinski definition) is 2. The van der Waals surface area contributed by atoms with Crippen LogP contribution in [0, 0.1) is 5.92 Å². The fraction of sp³-hybridized carbons (Fsp3) is 0.556. The van der Waals surface area contributed by atoms with Crippen LogP contribution in [0.1, 0.15) is 38.4 Å². The van der Waals surface area contributed by atoms with Crippen LogP contribution in [-0.2, 0) is 10.3 Å². The molecule has 0 saturated carbocycles. The van der Waals surface area contributed by atoms with Crippen molar-refractivity contribution < 1.29 is 15.0 Å². The SMILES string of the molecule is C[C@H](O)C(=O)N1CCC(C2(C)[C@H](O)c3cc(Cl)cc4cnn2c34)CC1. The van der Waals surface area contributed by atoms with E-state index in [0.29, 0.717) is 18.1 Å². The van der Waals surface area contributed by atoms with Crippen LogP contribution in [-0.4, -0.2) is 50.0 Å². The maximum atomic E-state index is 12.0. The quantitative estimate of drug-likeness (QED) is 0.856. The second kappa shape index (κ2) is 5.69. The first kappa shape index (κ1) is 16.8. The highest BCUT2D eigenvalue weighted by Crippen LogP contribution is 2.51. The molecule has 1 aromatic heterocycles. The minimum absolute atomic E-state index is 0.176. The summed E-state index contributed by atoms with van der Waals surface area (Å²) in [5, 5.41) is 26.7. The molecule has 1 saturated heterocycles. The standard InChI is InChI=1S/C18H22ClN3O3/c1-10(23)17(25)21-5-3-12(4-6-21)18(2)16(24)14-8-13(19)7-11-9-20-22(18)15(11)14/h7-10,12,16,23-24H,3-6H2,1-2H3/t10-,16+,18?/m0/s1. The highest BCUT2D eigenvalue weighted by molar-refractivity contribution is 6.31. The summed E-state index contributed by atoms with van der Waals surface area (Å²) in [6.07, 6.45) is 1.66. The van der Waals surface area contributed by atoms with Crippen molar-refractivity contribution in [2.45, 2.75) is 44.4 Å². The van der Waals surface area contributed by atoms with Crippen molar-refractivity contribution >= 4 is 28.4 Å². The van der Waals surface area contributed by atoms with Crippen LogP contribution < -0.4 is 0 Å². The van der Waals surface area contributed by atoms with E-state index >= 15 is 0 Å². The molecule has 0 radical (unpaired) electrons. The fourth-order valence-electron chi connectivity index (χ4n) is 4.51. The zero-order valence-corrected chi connectivity index (χ0v) is 15.1. The fourth-order valence-corrected chi connectivity index (χ4v) is 4.75. The highest BCUT2D eigenvalue weighted by atomic mass is 35.5. The molecule has 2 aromatic rings. The van der Waals surface area contributed by atoms with Gasteiger partial charge in [0.2, 0.25) is 0 Å². The van der Waals surface area contributed by atoms with Crippen LogP contribution in [0.5, 0.6) is 0 Å². The number of aliphatic hydroxyl groups is 2. The number of hydrogen-bond acceptors (Lipinski definition) is 4. The number of benzene rings is 1. The van der Waals surface area contributed by atoms with Gasteiger partial charge < -0.3 is 15.1 Å². The van der Waals surface area contributed by atoms with Gasteiger partial charge in [0.05, 0.1) is 17.3 Å². The van der Waals surface area contributed by atoms with E-state index in [0.717, 1.165) is 29.3 Å². The van der Waals surface area contributed by atoms with Crippen LogP contribution in [0.25, 0.3) is 10.9 Å². The van der Waals surface area contributed by atoms with E-state index in [1.807, 2.05) is 23.7 Å². The van der Waals surface area contributed by atoms with Gasteiger partial charge in [0.25, 0.3) is 5.91 Å². The molecule has 1 fully saturated rings. The van der Waals surface area contributed by atoms with E-state index in [1.54, 1.807) is 11.1 Å². The number of piperidine rings is 1. The lowest BCUT2D eigenvalue weighted by Crippen LogP contribution is -2.49. The van der Waals surface area contributed by atoms with Gasteiger partial charge in [-0.05, 0) is 44.7 Å². The van der Waals surface area contributed by atoms with E-state index in [9.17, 15) is 15.0 Å². The van der Waals surface area contributed by atoms with Gasteiger partial charge in [0.15, 0.2) is 0 Å². The summed E-state index contributed by atoms with van der Waals surface area (Å²) < 4.78 is 1.94. The second-order valence-electron chi connectivity index (χ2n) is 7.39. The molecule has 134 valence electrons. The molecular weight excluding hydrogens is 342 g/mol. The molecule has 1 unspecified atom stereocenters. The first-order chi connectivity index (χ1) is 11.8. The van der Waals surface area contributed by atoms with Gasteiger partial charge in [-0.1, -0.05) is 11.6 Å². The number of amides is 1. The normalized spacial score (nSPS) is 27.9. The molecule has 7 heteroatoms. The Bertz CT molecular complexity index is 841. The molecular formula is C18H22ClN3O3. The van der Waals surface area contributed by atoms with Gasteiger partial charge >= 0.3 is 0 Å². The summed E-state index contributed by atoms with van der Waals surface area (Å²) in [6.45, 7) is 4.70. The molecule has 0 spiro atoms. The predicted molar refractivity (Wildman–Crippen MR) is 94.3 cm³/mol. The summed E-state index contributed by atoms with van der Waals surface area (Å²) in [6, 6.07) is 3.69. The second-order valence-corrected chi connectivity index (χ2v) is 7.83. The smallest absolute Gasteiger partial charge is 0.251 e. The van der Waals surface area contributed by atoms with Crippen LogP contribution >= 0.6 is 11.6 Å². The number of halogens is 1. The lowest BCUT2D eigenvalue weighted by atomic mass is 9.75. The first-order valence-corrected chi connectivity index (χ1v) is 9.04. The average molecular weight is 364 g/mol. The maximum absolute atomic E-state index is 12.0. The van der Waals surface area contributed by atoms with Gasteiger partial charge in [0.1, 0.15) is 12.2 Å². The summed E-state index contributed by atoms with van der Waals surface area (Å²) in [7, 11) is 0. The van der Waals surface area contributed by atoms with Crippen molar-refractivity contribution in [2.24, 2.45) is 5.92 Å². The molecule has 3 atom stereocenters. The molecule has 0 bridgehead atoms. The minimum Gasteiger partial charge on any atom is -0.386 e. The van der Waals surface area contributed by atoms with Crippen molar-refractivity contribution in [3.05, 3.63) is 28.9 Å². The number of likely N-dealkylation sites (tertiary alicyclic amines) is 1. The van der Waals surface area contributed by atoms with Gasteiger partial charge in [-0.15, -0.1) is 0 Å². The monoisotopic (exact) mass is 363 g/mol. The largest absolute Gasteiger partial charge is 0.386 e. The van der Waals surface area contributed by atoms with E-state index < -0.39 is 17.7 Å². The third-order valence-electron chi connectivity index (χ3n) is 5.95. The van der Waals surface area contributed by atoms with Crippen LogP contribution in [0.3, 0.4) is 0 Å². The molecule has 2 N–H and O–H groups in total. The lowest BCUT2D eigenvalue weighted by molar-refractivity contribution is -0.141. The molecule has 2 aliphatic rings. The summed E-state index contributed by atoms with van der Waals surface area (Å²) in [4.78, 5) is 13.7. The Labute approximate surface area is 151 Å². The van der Waals surface area contributed by atoms with E-state index in [-0.39, 0.29) is 11.8 Å². The zero-order valence-electron chi connectivity index (χ0n) is 14.3. The zero-order chi connectivity index (χ0) is 17.9. The first-order valence-electron chi connectivity index (χ1n) is 8.66. The third kappa shape index (κ3) is 2.31. The van der Waals surface area contributed by atoms with Crippen molar-refractivity contribution in [3.63, 3.8) is 0 Å². The van der Waals surface area contributed by atoms with E-state index in [4.69, 9.17) is 11.6 Å². The molecule has 1 aromatic carbocycles. The maximum Gasteiger partial charge on any atom is 0.251 e. The molecule has 4 rings (SSSR count). The molecule has 2 aliphatic heterocycles. The average Bonchev–Trinajstić information content (AvgIpc) is 3.11. The third-order valence-corrected chi connectivity index (χ3v) is 6.17.